The Morgan fingerprint density at radius 1 is 1.06 bits per heavy atom. The van der Waals surface area contributed by atoms with Crippen molar-refractivity contribution >= 4 is 11.0 Å². The van der Waals surface area contributed by atoms with Crippen LogP contribution < -0.4 is 0 Å². The quantitative estimate of drug-likeness (QED) is 0.578. The zero-order valence-corrected chi connectivity index (χ0v) is 9.03. The lowest BCUT2D eigenvalue weighted by Gasteiger charge is -1.96. The van der Waals surface area contributed by atoms with Crippen molar-refractivity contribution in [3.05, 3.63) is 60.1 Å². The van der Waals surface area contributed by atoms with E-state index in [0.29, 0.717) is 11.6 Å². The highest BCUT2D eigenvalue weighted by molar-refractivity contribution is 5.82. The second-order valence-electron chi connectivity index (χ2n) is 3.93. The van der Waals surface area contributed by atoms with Crippen LogP contribution in [0, 0.1) is 6.92 Å². The molecule has 3 rings (SSSR count). The van der Waals surface area contributed by atoms with Crippen LogP contribution in [0.4, 0.5) is 0 Å². The van der Waals surface area contributed by atoms with Gasteiger partial charge in [-0.2, -0.15) is 0 Å². The van der Waals surface area contributed by atoms with Gasteiger partial charge in [-0.05, 0) is 19.0 Å². The number of hydrogen-bond acceptors (Lipinski definition) is 1. The molecule has 0 spiro atoms. The summed E-state index contributed by atoms with van der Waals surface area (Å²) in [5.41, 5.74) is 2.93. The second-order valence-corrected chi connectivity index (χ2v) is 3.93. The number of benzene rings is 2. The monoisotopic (exact) mass is 209 g/mol. The van der Waals surface area contributed by atoms with Crippen molar-refractivity contribution in [3.63, 3.8) is 0 Å². The smallest absolute Gasteiger partial charge is 0.135 e. The molecule has 0 atom stereocenters. The third kappa shape index (κ3) is 1.50. The Labute approximate surface area is 95.7 Å². The summed E-state index contributed by atoms with van der Waals surface area (Å²) in [6.45, 7) is 2.06. The molecule has 3 aromatic rings. The summed E-state index contributed by atoms with van der Waals surface area (Å²) >= 11 is 0. The molecule has 0 radical (unpaired) electrons. The third-order valence-electron chi connectivity index (χ3n) is 2.68. The van der Waals surface area contributed by atoms with Gasteiger partial charge in [0, 0.05) is 10.9 Å². The molecule has 0 aliphatic carbocycles. The maximum atomic E-state index is 7.78. The lowest BCUT2D eigenvalue weighted by molar-refractivity contribution is 0.631. The minimum Gasteiger partial charge on any atom is -0.456 e. The van der Waals surface area contributed by atoms with Gasteiger partial charge in [-0.3, -0.25) is 0 Å². The zero-order valence-electron chi connectivity index (χ0n) is 10.0. The number of fused-ring (bicyclic) bond motifs is 1. The molecule has 1 nitrogen and oxygen atoms in total. The van der Waals surface area contributed by atoms with Crippen LogP contribution >= 0.6 is 0 Å². The van der Waals surface area contributed by atoms with Crippen LogP contribution in [-0.4, -0.2) is 0 Å². The molecule has 0 saturated heterocycles. The summed E-state index contributed by atoms with van der Waals surface area (Å²) in [4.78, 5) is 0. The summed E-state index contributed by atoms with van der Waals surface area (Å²) < 4.78 is 13.5. The standard InChI is InChI=1S/C15H12O/c1-11-6-8-12(9-7-11)15-10-13-4-2-3-5-14(13)16-15/h2-10H,1H3/i5D. The van der Waals surface area contributed by atoms with Gasteiger partial charge in [0.2, 0.25) is 0 Å². The molecule has 78 valence electrons. The van der Waals surface area contributed by atoms with Crippen molar-refractivity contribution in [3.8, 4) is 11.3 Å². The number of aryl methyl sites for hydroxylation is 1. The Kier molecular flexibility index (Phi) is 1.80. The van der Waals surface area contributed by atoms with Crippen LogP contribution in [0.15, 0.2) is 59.0 Å². The molecule has 2 aromatic carbocycles. The van der Waals surface area contributed by atoms with Crippen molar-refractivity contribution in [1.29, 1.82) is 0 Å². The molecule has 0 unspecified atom stereocenters. The average Bonchev–Trinajstić information content (AvgIpc) is 2.75. The third-order valence-corrected chi connectivity index (χ3v) is 2.68. The molecule has 0 saturated carbocycles. The lowest BCUT2D eigenvalue weighted by Crippen LogP contribution is -1.74. The normalized spacial score (nSPS) is 11.7. The van der Waals surface area contributed by atoms with Gasteiger partial charge in [0.05, 0.1) is 1.37 Å². The highest BCUT2D eigenvalue weighted by Gasteiger charge is 2.04. The van der Waals surface area contributed by atoms with Crippen LogP contribution in [0.2, 0.25) is 0 Å². The first-order valence-electron chi connectivity index (χ1n) is 5.80. The van der Waals surface area contributed by atoms with Crippen molar-refractivity contribution in [2.45, 2.75) is 6.92 Å². The van der Waals surface area contributed by atoms with E-state index in [4.69, 9.17) is 5.79 Å². The van der Waals surface area contributed by atoms with Gasteiger partial charge >= 0.3 is 0 Å². The van der Waals surface area contributed by atoms with Crippen LogP contribution in [0.1, 0.15) is 6.93 Å². The van der Waals surface area contributed by atoms with E-state index in [-0.39, 0.29) is 0 Å². The molecule has 0 amide bonds. The molecule has 0 fully saturated rings. The first-order valence-corrected chi connectivity index (χ1v) is 5.30. The van der Waals surface area contributed by atoms with Gasteiger partial charge in [-0.25, -0.2) is 0 Å². The van der Waals surface area contributed by atoms with E-state index in [1.807, 2.05) is 30.3 Å². The van der Waals surface area contributed by atoms with Gasteiger partial charge < -0.3 is 4.42 Å². The van der Waals surface area contributed by atoms with Gasteiger partial charge in [0.1, 0.15) is 11.3 Å². The van der Waals surface area contributed by atoms with E-state index in [2.05, 4.69) is 19.1 Å². The first kappa shape index (κ1) is 8.17. The molecule has 0 aliphatic heterocycles. The highest BCUT2D eigenvalue weighted by atomic mass is 16.3. The molecular formula is C15H12O. The van der Waals surface area contributed by atoms with Crippen LogP contribution in [0.3, 0.4) is 0 Å². The van der Waals surface area contributed by atoms with Crippen LogP contribution in [0.25, 0.3) is 22.3 Å². The molecule has 1 aromatic heterocycles. The number of hydrogen-bond donors (Lipinski definition) is 0. The van der Waals surface area contributed by atoms with Gasteiger partial charge in [0.25, 0.3) is 0 Å². The SMILES string of the molecule is [2H]c1cccc2cc(-c3ccc(C)cc3)oc12. The first-order chi connectivity index (χ1) is 8.24. The number of para-hydroxylation sites is 1. The van der Waals surface area contributed by atoms with E-state index in [9.17, 15) is 0 Å². The van der Waals surface area contributed by atoms with E-state index in [1.165, 1.54) is 5.56 Å². The molecule has 0 N–H and O–H groups in total. The predicted octanol–water partition coefficient (Wildman–Crippen LogP) is 4.41. The van der Waals surface area contributed by atoms with Gasteiger partial charge in [-0.15, -0.1) is 0 Å². The Hall–Kier alpha value is -2.02. The van der Waals surface area contributed by atoms with Crippen LogP contribution in [-0.2, 0) is 0 Å². The van der Waals surface area contributed by atoms with Crippen molar-refractivity contribution in [2.24, 2.45) is 0 Å². The maximum absolute atomic E-state index is 7.78. The molecule has 1 heterocycles. The summed E-state index contributed by atoms with van der Waals surface area (Å²) in [6.07, 6.45) is 0. The molecule has 0 aliphatic rings. The van der Waals surface area contributed by atoms with E-state index in [1.54, 1.807) is 6.07 Å². The second kappa shape index (κ2) is 3.53. The Balaban J connectivity index is 2.18. The fraction of sp³-hybridized carbons (Fsp3) is 0.0667. The van der Waals surface area contributed by atoms with Crippen molar-refractivity contribution < 1.29 is 5.79 Å². The Bertz CT molecular complexity index is 665. The number of furan rings is 1. The summed E-state index contributed by atoms with van der Waals surface area (Å²) in [7, 11) is 0. The van der Waals surface area contributed by atoms with E-state index >= 15 is 0 Å². The lowest BCUT2D eigenvalue weighted by atomic mass is 10.1. The Morgan fingerprint density at radius 2 is 1.88 bits per heavy atom. The van der Waals surface area contributed by atoms with E-state index in [0.717, 1.165) is 16.7 Å². The molecule has 0 bridgehead atoms. The number of rotatable bonds is 1. The largest absolute Gasteiger partial charge is 0.456 e. The molecule has 1 heteroatoms. The van der Waals surface area contributed by atoms with Crippen LogP contribution in [0.5, 0.6) is 0 Å². The van der Waals surface area contributed by atoms with E-state index < -0.39 is 0 Å². The fourth-order valence-corrected chi connectivity index (χ4v) is 1.78. The average molecular weight is 209 g/mol. The summed E-state index contributed by atoms with van der Waals surface area (Å²) in [5.74, 6) is 0.819. The summed E-state index contributed by atoms with van der Waals surface area (Å²) in [5, 5.41) is 0.980. The maximum Gasteiger partial charge on any atom is 0.135 e. The predicted molar refractivity (Wildman–Crippen MR) is 66.4 cm³/mol. The highest BCUT2D eigenvalue weighted by Crippen LogP contribution is 2.27. The van der Waals surface area contributed by atoms with Gasteiger partial charge in [-0.1, -0.05) is 48.0 Å². The molecule has 16 heavy (non-hydrogen) atoms. The van der Waals surface area contributed by atoms with Crippen molar-refractivity contribution in [1.82, 2.24) is 0 Å². The topological polar surface area (TPSA) is 13.1 Å². The van der Waals surface area contributed by atoms with Crippen molar-refractivity contribution in [2.75, 3.05) is 0 Å². The summed E-state index contributed by atoms with van der Waals surface area (Å²) in [6, 6.07) is 16.2. The minimum absolute atomic E-state index is 0.431. The molecular weight excluding hydrogens is 196 g/mol. The van der Waals surface area contributed by atoms with Gasteiger partial charge in [0.15, 0.2) is 0 Å². The zero-order chi connectivity index (χ0) is 11.8. The Morgan fingerprint density at radius 3 is 2.62 bits per heavy atom. The fourth-order valence-electron chi connectivity index (χ4n) is 1.78. The minimum atomic E-state index is 0.431.